The number of hydrogen-bond donors (Lipinski definition) is 2. The lowest BCUT2D eigenvalue weighted by Crippen LogP contribution is -2.12. The van der Waals surface area contributed by atoms with Gasteiger partial charge in [0.25, 0.3) is 0 Å². The average Bonchev–Trinajstić information content (AvgIpc) is 2.78. The maximum atomic E-state index is 8.77. The molecule has 2 aromatic rings. The number of pyridine rings is 1. The average molecular weight is 299 g/mol. The summed E-state index contributed by atoms with van der Waals surface area (Å²) in [5, 5.41) is 12.6. The molecule has 0 aliphatic heterocycles. The molecule has 1 unspecified atom stereocenters. The molecule has 90 valence electrons. The summed E-state index contributed by atoms with van der Waals surface area (Å²) in [5.74, 6) is 0.746. The van der Waals surface area contributed by atoms with Crippen LogP contribution in [0.25, 0.3) is 11.4 Å². The number of nitrogens with two attached hydrogens (primary N) is 1. The first kappa shape index (κ1) is 12.2. The summed E-state index contributed by atoms with van der Waals surface area (Å²) < 4.78 is 5.87. The molecule has 0 aromatic carbocycles. The summed E-state index contributed by atoms with van der Waals surface area (Å²) in [4.78, 5) is 8.18. The van der Waals surface area contributed by atoms with E-state index < -0.39 is 6.04 Å². The van der Waals surface area contributed by atoms with Crippen LogP contribution in [0.3, 0.4) is 0 Å². The van der Waals surface area contributed by atoms with E-state index in [4.69, 9.17) is 15.4 Å². The second kappa shape index (κ2) is 5.35. The molecule has 0 spiro atoms. The fourth-order valence-electron chi connectivity index (χ4n) is 1.30. The third-order valence-corrected chi connectivity index (χ3v) is 2.60. The molecular formula is C10H11BrN4O2. The molecule has 3 N–H and O–H groups in total. The van der Waals surface area contributed by atoms with Crippen molar-refractivity contribution in [3.63, 3.8) is 0 Å². The van der Waals surface area contributed by atoms with Crippen LogP contribution in [0.1, 0.15) is 18.4 Å². The molecule has 1 atom stereocenters. The molecule has 0 amide bonds. The van der Waals surface area contributed by atoms with Crippen LogP contribution >= 0.6 is 15.9 Å². The van der Waals surface area contributed by atoms with Crippen LogP contribution < -0.4 is 5.73 Å². The Balaban J connectivity index is 2.23. The Bertz CT molecular complexity index is 503. The van der Waals surface area contributed by atoms with Crippen molar-refractivity contribution in [2.75, 3.05) is 6.61 Å². The maximum Gasteiger partial charge on any atom is 0.243 e. The van der Waals surface area contributed by atoms with Gasteiger partial charge in [0.1, 0.15) is 0 Å². The third-order valence-electron chi connectivity index (χ3n) is 2.16. The summed E-state index contributed by atoms with van der Waals surface area (Å²) in [5.41, 5.74) is 6.49. The number of rotatable bonds is 4. The molecule has 0 saturated heterocycles. The Morgan fingerprint density at radius 2 is 2.29 bits per heavy atom. The lowest BCUT2D eigenvalue weighted by atomic mass is 10.2. The van der Waals surface area contributed by atoms with Gasteiger partial charge >= 0.3 is 0 Å². The Labute approximate surface area is 106 Å². The highest BCUT2D eigenvalue weighted by Gasteiger charge is 2.15. The molecule has 0 bridgehead atoms. The predicted octanol–water partition coefficient (Wildman–Crippen LogP) is 1.28. The van der Waals surface area contributed by atoms with E-state index in [0.29, 0.717) is 18.1 Å². The summed E-state index contributed by atoms with van der Waals surface area (Å²) in [6.45, 7) is -0.0165. The van der Waals surface area contributed by atoms with Crippen molar-refractivity contribution in [1.82, 2.24) is 15.1 Å². The zero-order valence-electron chi connectivity index (χ0n) is 8.88. The molecule has 0 fully saturated rings. The number of aliphatic hydroxyl groups excluding tert-OH is 1. The minimum atomic E-state index is -0.443. The molecule has 2 rings (SSSR count). The Morgan fingerprint density at radius 1 is 1.47 bits per heavy atom. The number of aliphatic hydroxyl groups is 1. The SMILES string of the molecule is NC(CCO)c1nc(-c2cncc(Br)c2)no1. The highest BCUT2D eigenvalue weighted by atomic mass is 79.9. The summed E-state index contributed by atoms with van der Waals surface area (Å²) in [6.07, 6.45) is 3.69. The lowest BCUT2D eigenvalue weighted by Gasteiger charge is -2.01. The van der Waals surface area contributed by atoms with Gasteiger partial charge < -0.3 is 15.4 Å². The van der Waals surface area contributed by atoms with E-state index in [9.17, 15) is 0 Å². The molecule has 0 aliphatic carbocycles. The molecule has 6 nitrogen and oxygen atoms in total. The minimum Gasteiger partial charge on any atom is -0.396 e. The van der Waals surface area contributed by atoms with Gasteiger partial charge in [-0.15, -0.1) is 0 Å². The van der Waals surface area contributed by atoms with Gasteiger partial charge in [-0.05, 0) is 28.4 Å². The first-order valence-electron chi connectivity index (χ1n) is 5.01. The normalized spacial score (nSPS) is 12.6. The summed E-state index contributed by atoms with van der Waals surface area (Å²) in [7, 11) is 0. The van der Waals surface area contributed by atoms with Gasteiger partial charge in [-0.3, -0.25) is 4.98 Å². The van der Waals surface area contributed by atoms with Gasteiger partial charge in [0.05, 0.1) is 6.04 Å². The molecule has 17 heavy (non-hydrogen) atoms. The second-order valence-corrected chi connectivity index (χ2v) is 4.38. The van der Waals surface area contributed by atoms with Gasteiger partial charge in [0.2, 0.25) is 11.7 Å². The van der Waals surface area contributed by atoms with E-state index in [1.807, 2.05) is 6.07 Å². The second-order valence-electron chi connectivity index (χ2n) is 3.47. The van der Waals surface area contributed by atoms with Gasteiger partial charge in [0.15, 0.2) is 0 Å². The molecule has 0 saturated carbocycles. The van der Waals surface area contributed by atoms with Crippen LogP contribution in [-0.4, -0.2) is 26.8 Å². The fraction of sp³-hybridized carbons (Fsp3) is 0.300. The Morgan fingerprint density at radius 3 is 3.00 bits per heavy atom. The van der Waals surface area contributed by atoms with Crippen molar-refractivity contribution >= 4 is 15.9 Å². The molecule has 0 aliphatic rings. The Hall–Kier alpha value is -1.31. The fourth-order valence-corrected chi connectivity index (χ4v) is 1.66. The van der Waals surface area contributed by atoms with E-state index in [2.05, 4.69) is 31.1 Å². The van der Waals surface area contributed by atoms with Crippen molar-refractivity contribution in [3.05, 3.63) is 28.8 Å². The quantitative estimate of drug-likeness (QED) is 0.882. The smallest absolute Gasteiger partial charge is 0.243 e. The van der Waals surface area contributed by atoms with Crippen molar-refractivity contribution in [1.29, 1.82) is 0 Å². The van der Waals surface area contributed by atoms with Crippen LogP contribution in [0, 0.1) is 0 Å². The predicted molar refractivity (Wildman–Crippen MR) is 63.9 cm³/mol. The van der Waals surface area contributed by atoms with Crippen molar-refractivity contribution in [2.45, 2.75) is 12.5 Å². The van der Waals surface area contributed by atoms with Crippen LogP contribution in [0.2, 0.25) is 0 Å². The third kappa shape index (κ3) is 2.87. The van der Waals surface area contributed by atoms with E-state index in [-0.39, 0.29) is 6.61 Å². The van der Waals surface area contributed by atoms with Crippen molar-refractivity contribution in [3.8, 4) is 11.4 Å². The monoisotopic (exact) mass is 298 g/mol. The minimum absolute atomic E-state index is 0.0165. The maximum absolute atomic E-state index is 8.77. The number of halogens is 1. The van der Waals surface area contributed by atoms with Crippen LogP contribution in [0.15, 0.2) is 27.5 Å². The van der Waals surface area contributed by atoms with E-state index in [0.717, 1.165) is 10.0 Å². The summed E-state index contributed by atoms with van der Waals surface area (Å²) in [6, 6.07) is 1.39. The van der Waals surface area contributed by atoms with Crippen LogP contribution in [0.4, 0.5) is 0 Å². The topological polar surface area (TPSA) is 98.1 Å². The zero-order chi connectivity index (χ0) is 12.3. The van der Waals surface area contributed by atoms with E-state index in [1.165, 1.54) is 0 Å². The highest BCUT2D eigenvalue weighted by molar-refractivity contribution is 9.10. The van der Waals surface area contributed by atoms with Crippen molar-refractivity contribution < 1.29 is 9.63 Å². The van der Waals surface area contributed by atoms with Gasteiger partial charge in [-0.1, -0.05) is 5.16 Å². The molecule has 2 aromatic heterocycles. The van der Waals surface area contributed by atoms with Crippen LogP contribution in [0.5, 0.6) is 0 Å². The standard InChI is InChI=1S/C10H11BrN4O2/c11-7-3-6(4-13-5-7)9-14-10(17-15-9)8(12)1-2-16/h3-5,8,16H,1-2,12H2. The summed E-state index contributed by atoms with van der Waals surface area (Å²) >= 11 is 3.31. The first-order valence-corrected chi connectivity index (χ1v) is 5.81. The molecular weight excluding hydrogens is 288 g/mol. The van der Waals surface area contributed by atoms with Gasteiger partial charge in [0, 0.05) is 29.0 Å². The van der Waals surface area contributed by atoms with Gasteiger partial charge in [-0.25, -0.2) is 0 Å². The lowest BCUT2D eigenvalue weighted by molar-refractivity contribution is 0.259. The van der Waals surface area contributed by atoms with Crippen LogP contribution in [-0.2, 0) is 0 Å². The van der Waals surface area contributed by atoms with Crippen molar-refractivity contribution in [2.24, 2.45) is 5.73 Å². The molecule has 0 radical (unpaired) electrons. The first-order chi connectivity index (χ1) is 8.20. The van der Waals surface area contributed by atoms with E-state index >= 15 is 0 Å². The highest BCUT2D eigenvalue weighted by Crippen LogP contribution is 2.20. The number of hydrogen-bond acceptors (Lipinski definition) is 6. The Kier molecular flexibility index (Phi) is 3.82. The van der Waals surface area contributed by atoms with Gasteiger partial charge in [-0.2, -0.15) is 4.98 Å². The largest absolute Gasteiger partial charge is 0.396 e. The number of aromatic nitrogens is 3. The molecule has 2 heterocycles. The number of nitrogens with zero attached hydrogens (tertiary/aromatic N) is 3. The zero-order valence-corrected chi connectivity index (χ0v) is 10.5. The molecule has 7 heteroatoms. The van der Waals surface area contributed by atoms with E-state index in [1.54, 1.807) is 12.4 Å².